The van der Waals surface area contributed by atoms with Gasteiger partial charge in [-0.15, -0.1) is 0 Å². The maximum absolute atomic E-state index is 11.6. The fraction of sp³-hybridized carbons (Fsp3) is 0.526. The highest BCUT2D eigenvalue weighted by Gasteiger charge is 2.25. The third kappa shape index (κ3) is 3.52. The van der Waals surface area contributed by atoms with Crippen LogP contribution in [0.5, 0.6) is 5.75 Å². The molecule has 0 saturated heterocycles. The molecule has 2 rings (SSSR count). The highest BCUT2D eigenvalue weighted by atomic mass is 16.5. The zero-order chi connectivity index (χ0) is 16.3. The first-order valence-electron chi connectivity index (χ1n) is 8.07. The van der Waals surface area contributed by atoms with Gasteiger partial charge in [-0.25, -0.2) is 4.79 Å². The summed E-state index contributed by atoms with van der Waals surface area (Å²) in [5.41, 5.74) is 4.07. The molecule has 3 nitrogen and oxygen atoms in total. The van der Waals surface area contributed by atoms with Crippen LogP contribution in [0.3, 0.4) is 0 Å². The topological polar surface area (TPSA) is 46.5 Å². The summed E-state index contributed by atoms with van der Waals surface area (Å²) in [6, 6.07) is 2.02. The Kier molecular flexibility index (Phi) is 4.94. The van der Waals surface area contributed by atoms with E-state index >= 15 is 0 Å². The first-order chi connectivity index (χ1) is 10.3. The smallest absolute Gasteiger partial charge is 0.330 e. The average molecular weight is 302 g/mol. The molecule has 1 aliphatic carbocycles. The minimum absolute atomic E-state index is 0.136. The number of phenolic OH excluding ortho intramolecular Hbond substituents is 1. The fourth-order valence-electron chi connectivity index (χ4n) is 3.03. The molecule has 120 valence electrons. The van der Waals surface area contributed by atoms with Crippen LogP contribution in [-0.4, -0.2) is 17.7 Å². The summed E-state index contributed by atoms with van der Waals surface area (Å²) in [5.74, 6) is 0.118. The van der Waals surface area contributed by atoms with Crippen molar-refractivity contribution in [2.24, 2.45) is 0 Å². The Morgan fingerprint density at radius 1 is 1.27 bits per heavy atom. The molecule has 22 heavy (non-hydrogen) atoms. The van der Waals surface area contributed by atoms with Gasteiger partial charge in [-0.2, -0.15) is 0 Å². The van der Waals surface area contributed by atoms with Gasteiger partial charge < -0.3 is 9.84 Å². The Morgan fingerprint density at radius 3 is 2.50 bits per heavy atom. The number of ether oxygens (including phenoxy) is 1. The van der Waals surface area contributed by atoms with E-state index in [1.807, 2.05) is 12.1 Å². The van der Waals surface area contributed by atoms with Crippen molar-refractivity contribution in [3.63, 3.8) is 0 Å². The van der Waals surface area contributed by atoms with Gasteiger partial charge in [-0.1, -0.05) is 20.8 Å². The molecular formula is C19H26O3. The van der Waals surface area contributed by atoms with Crippen molar-refractivity contribution < 1.29 is 14.6 Å². The molecule has 1 aromatic rings. The summed E-state index contributed by atoms with van der Waals surface area (Å²) in [4.78, 5) is 11.6. The molecule has 0 bridgehead atoms. The normalized spacial score (nSPS) is 14.9. The maximum atomic E-state index is 11.6. The first-order valence-corrected chi connectivity index (χ1v) is 8.07. The van der Waals surface area contributed by atoms with Crippen molar-refractivity contribution in [1.29, 1.82) is 0 Å². The van der Waals surface area contributed by atoms with Gasteiger partial charge in [-0.3, -0.25) is 0 Å². The number of hydrogen-bond acceptors (Lipinski definition) is 3. The number of rotatable bonds is 3. The molecule has 0 aliphatic heterocycles. The number of benzene rings is 1. The minimum atomic E-state index is -0.322. The summed E-state index contributed by atoms with van der Waals surface area (Å²) < 4.78 is 4.95. The Bertz CT molecular complexity index is 592. The Labute approximate surface area is 133 Å². The van der Waals surface area contributed by atoms with Gasteiger partial charge in [0.1, 0.15) is 5.75 Å². The van der Waals surface area contributed by atoms with E-state index in [4.69, 9.17) is 4.74 Å². The predicted octanol–water partition coefficient (Wildman–Crippen LogP) is 4.14. The van der Waals surface area contributed by atoms with E-state index in [0.717, 1.165) is 42.4 Å². The second kappa shape index (κ2) is 6.55. The van der Waals surface area contributed by atoms with E-state index in [-0.39, 0.29) is 11.4 Å². The Balaban J connectivity index is 2.50. The SMILES string of the molecule is CCOC(=O)/C=C/c1cc(C(C)(C)C)c(O)c2c1CCCC2. The lowest BCUT2D eigenvalue weighted by Crippen LogP contribution is -2.15. The van der Waals surface area contributed by atoms with Crippen molar-refractivity contribution in [3.8, 4) is 5.75 Å². The molecule has 0 saturated carbocycles. The van der Waals surface area contributed by atoms with Crippen molar-refractivity contribution in [2.75, 3.05) is 6.61 Å². The summed E-state index contributed by atoms with van der Waals surface area (Å²) in [6.45, 7) is 8.46. The van der Waals surface area contributed by atoms with E-state index in [0.29, 0.717) is 12.4 Å². The van der Waals surface area contributed by atoms with Crippen LogP contribution >= 0.6 is 0 Å². The number of hydrogen-bond donors (Lipinski definition) is 1. The van der Waals surface area contributed by atoms with Crippen LogP contribution in [0.25, 0.3) is 6.08 Å². The molecule has 1 N–H and O–H groups in total. The lowest BCUT2D eigenvalue weighted by molar-refractivity contribution is -0.137. The van der Waals surface area contributed by atoms with Crippen LogP contribution < -0.4 is 0 Å². The average Bonchev–Trinajstić information content (AvgIpc) is 2.46. The molecule has 1 aliphatic rings. The maximum Gasteiger partial charge on any atom is 0.330 e. The number of aromatic hydroxyl groups is 1. The van der Waals surface area contributed by atoms with Crippen molar-refractivity contribution >= 4 is 12.0 Å². The zero-order valence-electron chi connectivity index (χ0n) is 14.0. The third-order valence-corrected chi connectivity index (χ3v) is 4.15. The molecule has 0 unspecified atom stereocenters. The lowest BCUT2D eigenvalue weighted by atomic mass is 9.79. The Hall–Kier alpha value is -1.77. The largest absolute Gasteiger partial charge is 0.507 e. The number of fused-ring (bicyclic) bond motifs is 1. The van der Waals surface area contributed by atoms with Gasteiger partial charge in [0, 0.05) is 11.6 Å². The van der Waals surface area contributed by atoms with E-state index < -0.39 is 0 Å². The van der Waals surface area contributed by atoms with Crippen LogP contribution in [0.1, 0.15) is 62.8 Å². The molecule has 0 heterocycles. The highest BCUT2D eigenvalue weighted by molar-refractivity contribution is 5.87. The zero-order valence-corrected chi connectivity index (χ0v) is 14.0. The highest BCUT2D eigenvalue weighted by Crippen LogP contribution is 2.40. The molecule has 0 radical (unpaired) electrons. The molecule has 1 aromatic carbocycles. The van der Waals surface area contributed by atoms with Gasteiger partial charge >= 0.3 is 5.97 Å². The van der Waals surface area contributed by atoms with Crippen LogP contribution in [0.15, 0.2) is 12.1 Å². The van der Waals surface area contributed by atoms with E-state index in [2.05, 4.69) is 20.8 Å². The molecule has 0 fully saturated rings. The molecule has 0 aromatic heterocycles. The monoisotopic (exact) mass is 302 g/mol. The van der Waals surface area contributed by atoms with E-state index in [1.165, 1.54) is 11.6 Å². The van der Waals surface area contributed by atoms with Gasteiger partial charge in [0.25, 0.3) is 0 Å². The van der Waals surface area contributed by atoms with Crippen LogP contribution in [0.4, 0.5) is 0 Å². The van der Waals surface area contributed by atoms with E-state index in [1.54, 1.807) is 6.92 Å². The Morgan fingerprint density at radius 2 is 1.91 bits per heavy atom. The van der Waals surface area contributed by atoms with Gasteiger partial charge in [-0.05, 0) is 66.9 Å². The van der Waals surface area contributed by atoms with Crippen molar-refractivity contribution in [1.82, 2.24) is 0 Å². The van der Waals surface area contributed by atoms with Crippen LogP contribution in [0, 0.1) is 0 Å². The number of phenols is 1. The summed E-state index contributed by atoms with van der Waals surface area (Å²) >= 11 is 0. The molecule has 0 amide bonds. The molecule has 3 heteroatoms. The van der Waals surface area contributed by atoms with Crippen LogP contribution in [-0.2, 0) is 27.8 Å². The lowest BCUT2D eigenvalue weighted by Gasteiger charge is -2.27. The summed E-state index contributed by atoms with van der Waals surface area (Å²) in [5, 5.41) is 10.6. The van der Waals surface area contributed by atoms with Gasteiger partial charge in [0.2, 0.25) is 0 Å². The molecular weight excluding hydrogens is 276 g/mol. The van der Waals surface area contributed by atoms with Gasteiger partial charge in [0.15, 0.2) is 0 Å². The van der Waals surface area contributed by atoms with Crippen molar-refractivity contribution in [3.05, 3.63) is 34.4 Å². The quantitative estimate of drug-likeness (QED) is 0.674. The summed E-state index contributed by atoms with van der Waals surface area (Å²) in [7, 11) is 0. The molecule has 0 spiro atoms. The second-order valence-electron chi connectivity index (χ2n) is 6.86. The van der Waals surface area contributed by atoms with Crippen LogP contribution in [0.2, 0.25) is 0 Å². The third-order valence-electron chi connectivity index (χ3n) is 4.15. The first kappa shape index (κ1) is 16.6. The summed E-state index contributed by atoms with van der Waals surface area (Å²) in [6.07, 6.45) is 7.41. The fourth-order valence-corrected chi connectivity index (χ4v) is 3.03. The number of carbonyl (C=O) groups excluding carboxylic acids is 1. The number of esters is 1. The standard InChI is InChI=1S/C19H26O3/c1-5-22-17(20)11-10-13-12-16(19(2,3)4)18(21)15-9-7-6-8-14(13)15/h10-12,21H,5-9H2,1-4H3/b11-10+. The molecule has 0 atom stereocenters. The number of carbonyl (C=O) groups is 1. The van der Waals surface area contributed by atoms with Crippen molar-refractivity contribution in [2.45, 2.75) is 58.8 Å². The van der Waals surface area contributed by atoms with E-state index in [9.17, 15) is 9.90 Å². The minimum Gasteiger partial charge on any atom is -0.507 e. The second-order valence-corrected chi connectivity index (χ2v) is 6.86. The van der Waals surface area contributed by atoms with Gasteiger partial charge in [0.05, 0.1) is 6.61 Å². The predicted molar refractivity (Wildman–Crippen MR) is 89.1 cm³/mol.